The molecule has 1 aliphatic heterocycles. The predicted octanol–water partition coefficient (Wildman–Crippen LogP) is 2.62. The molecule has 0 saturated carbocycles. The van der Waals surface area contributed by atoms with Crippen molar-refractivity contribution >= 4 is 17.6 Å². The van der Waals surface area contributed by atoms with Crippen LogP contribution in [0.4, 0.5) is 0 Å². The van der Waals surface area contributed by atoms with Gasteiger partial charge in [-0.3, -0.25) is 9.59 Å². The summed E-state index contributed by atoms with van der Waals surface area (Å²) in [6.07, 6.45) is -0.0581. The fraction of sp³-hybridized carbons (Fsp3) is 0.571. The molecule has 27 heavy (non-hydrogen) atoms. The molecule has 2 amide bonds. The molecule has 1 atom stereocenters. The van der Waals surface area contributed by atoms with Crippen LogP contribution >= 0.6 is 0 Å². The zero-order valence-corrected chi connectivity index (χ0v) is 16.7. The van der Waals surface area contributed by atoms with Gasteiger partial charge in [0.05, 0.1) is 0 Å². The molecule has 6 heteroatoms. The molecule has 1 heterocycles. The lowest BCUT2D eigenvalue weighted by Gasteiger charge is -2.36. The topological polar surface area (TPSA) is 66.9 Å². The van der Waals surface area contributed by atoms with E-state index in [-0.39, 0.29) is 30.4 Å². The van der Waals surface area contributed by atoms with Crippen molar-refractivity contribution in [2.75, 3.05) is 26.2 Å². The molecule has 0 aliphatic carbocycles. The molecule has 0 radical (unpaired) electrons. The summed E-state index contributed by atoms with van der Waals surface area (Å²) in [4.78, 5) is 39.3. The molecule has 6 nitrogen and oxygen atoms in total. The highest BCUT2D eigenvalue weighted by Gasteiger charge is 2.28. The number of piperazine rings is 1. The van der Waals surface area contributed by atoms with Crippen LogP contribution in [0.1, 0.15) is 52.0 Å². The maximum absolute atomic E-state index is 12.7. The normalized spacial score (nSPS) is 15.6. The van der Waals surface area contributed by atoms with Crippen LogP contribution in [0, 0.1) is 0 Å². The van der Waals surface area contributed by atoms with Gasteiger partial charge < -0.3 is 19.3 Å². The van der Waals surface area contributed by atoms with Crippen LogP contribution in [0.5, 0.6) is 5.75 Å². The third kappa shape index (κ3) is 5.81. The highest BCUT2D eigenvalue weighted by Crippen LogP contribution is 2.27. The van der Waals surface area contributed by atoms with Crippen LogP contribution in [0.2, 0.25) is 0 Å². The maximum atomic E-state index is 12.7. The minimum atomic E-state index is -0.579. The van der Waals surface area contributed by atoms with E-state index < -0.39 is 6.10 Å². The van der Waals surface area contributed by atoms with Gasteiger partial charge in [-0.15, -0.1) is 0 Å². The van der Waals surface area contributed by atoms with Crippen LogP contribution < -0.4 is 4.74 Å². The summed E-state index contributed by atoms with van der Waals surface area (Å²) in [6.45, 7) is 9.42. The Morgan fingerprint density at radius 2 is 1.56 bits per heavy atom. The van der Waals surface area contributed by atoms with Crippen LogP contribution in [-0.4, -0.2) is 59.7 Å². The summed E-state index contributed by atoms with van der Waals surface area (Å²) in [5.41, 5.74) is 1.08. The highest BCUT2D eigenvalue weighted by atomic mass is 16.5. The van der Waals surface area contributed by atoms with Gasteiger partial charge in [-0.1, -0.05) is 32.0 Å². The Morgan fingerprint density at radius 1 is 0.963 bits per heavy atom. The first-order valence-corrected chi connectivity index (χ1v) is 9.61. The van der Waals surface area contributed by atoms with Gasteiger partial charge in [-0.05, 0) is 31.4 Å². The largest absolute Gasteiger partial charge is 0.481 e. The van der Waals surface area contributed by atoms with E-state index in [1.807, 2.05) is 24.3 Å². The molecular formula is C21H30N2O4. The summed E-state index contributed by atoms with van der Waals surface area (Å²) in [6, 6.07) is 7.79. The molecule has 1 unspecified atom stereocenters. The summed E-state index contributed by atoms with van der Waals surface area (Å²) >= 11 is 0. The van der Waals surface area contributed by atoms with Crippen molar-refractivity contribution in [2.45, 2.75) is 52.6 Å². The van der Waals surface area contributed by atoms with Crippen LogP contribution in [0.3, 0.4) is 0 Å². The first kappa shape index (κ1) is 20.9. The van der Waals surface area contributed by atoms with Gasteiger partial charge in [0.1, 0.15) is 11.5 Å². The number of ether oxygens (including phenoxy) is 1. The Hall–Kier alpha value is -2.37. The standard InChI is InChI=1S/C21H30N2O4/c1-15(2)18-7-5-6-8-19(18)27-17(4)21(26)23-13-11-22(12-14-23)20(25)10-9-16(3)24/h5-8,15,17H,9-14H2,1-4H3. The van der Waals surface area contributed by atoms with Crippen molar-refractivity contribution in [1.29, 1.82) is 0 Å². The zero-order chi connectivity index (χ0) is 20.0. The maximum Gasteiger partial charge on any atom is 0.263 e. The molecule has 1 aliphatic rings. The average Bonchev–Trinajstić information content (AvgIpc) is 2.65. The highest BCUT2D eigenvalue weighted by molar-refractivity contribution is 5.84. The number of Topliss-reactive ketones (excluding diaryl/α,β-unsaturated/α-hetero) is 1. The van der Waals surface area contributed by atoms with Crippen molar-refractivity contribution in [3.8, 4) is 5.75 Å². The van der Waals surface area contributed by atoms with Gasteiger partial charge in [0.15, 0.2) is 6.10 Å². The van der Waals surface area contributed by atoms with E-state index in [1.165, 1.54) is 6.92 Å². The molecule has 148 valence electrons. The van der Waals surface area contributed by atoms with Crippen LogP contribution in [0.15, 0.2) is 24.3 Å². The second kappa shape index (κ2) is 9.53. The number of ketones is 1. The Labute approximate surface area is 161 Å². The zero-order valence-electron chi connectivity index (χ0n) is 16.7. The molecule has 0 bridgehead atoms. The molecule has 0 aromatic heterocycles. The molecule has 1 aromatic carbocycles. The molecule has 0 spiro atoms. The summed E-state index contributed by atoms with van der Waals surface area (Å²) in [5, 5.41) is 0. The van der Waals surface area contributed by atoms with Gasteiger partial charge in [-0.2, -0.15) is 0 Å². The number of nitrogens with zero attached hydrogens (tertiary/aromatic N) is 2. The third-order valence-corrected chi connectivity index (χ3v) is 4.83. The van der Waals surface area contributed by atoms with Crippen molar-refractivity contribution < 1.29 is 19.1 Å². The number of amides is 2. The van der Waals surface area contributed by atoms with Crippen LogP contribution in [-0.2, 0) is 14.4 Å². The molecule has 1 saturated heterocycles. The second-order valence-corrected chi connectivity index (χ2v) is 7.36. The Bertz CT molecular complexity index is 679. The van der Waals surface area contributed by atoms with Gasteiger partial charge in [0, 0.05) is 39.0 Å². The first-order valence-electron chi connectivity index (χ1n) is 9.61. The van der Waals surface area contributed by atoms with Crippen LogP contribution in [0.25, 0.3) is 0 Å². The van der Waals surface area contributed by atoms with E-state index in [0.717, 1.165) is 11.3 Å². The number of hydrogen-bond acceptors (Lipinski definition) is 4. The monoisotopic (exact) mass is 374 g/mol. The number of benzene rings is 1. The first-order chi connectivity index (χ1) is 12.8. The molecule has 1 fully saturated rings. The van der Waals surface area contributed by atoms with Crippen molar-refractivity contribution in [1.82, 2.24) is 9.80 Å². The average molecular weight is 374 g/mol. The lowest BCUT2D eigenvalue weighted by Crippen LogP contribution is -2.53. The summed E-state index contributed by atoms with van der Waals surface area (Å²) in [7, 11) is 0. The third-order valence-electron chi connectivity index (χ3n) is 4.83. The molecule has 1 aromatic rings. The van der Waals surface area contributed by atoms with E-state index in [2.05, 4.69) is 13.8 Å². The van der Waals surface area contributed by atoms with Gasteiger partial charge in [-0.25, -0.2) is 0 Å². The number of carbonyl (C=O) groups is 3. The van der Waals surface area contributed by atoms with E-state index in [4.69, 9.17) is 4.74 Å². The number of carbonyl (C=O) groups excluding carboxylic acids is 3. The van der Waals surface area contributed by atoms with E-state index in [0.29, 0.717) is 32.1 Å². The number of para-hydroxylation sites is 1. The molecular weight excluding hydrogens is 344 g/mol. The number of rotatable bonds is 7. The van der Waals surface area contributed by atoms with Gasteiger partial charge in [0.25, 0.3) is 5.91 Å². The Kier molecular flexibility index (Phi) is 7.39. The van der Waals surface area contributed by atoms with E-state index in [9.17, 15) is 14.4 Å². The van der Waals surface area contributed by atoms with Gasteiger partial charge >= 0.3 is 0 Å². The van der Waals surface area contributed by atoms with E-state index >= 15 is 0 Å². The van der Waals surface area contributed by atoms with Gasteiger partial charge in [0.2, 0.25) is 5.91 Å². The second-order valence-electron chi connectivity index (χ2n) is 7.36. The Morgan fingerprint density at radius 3 is 2.15 bits per heavy atom. The fourth-order valence-corrected chi connectivity index (χ4v) is 3.18. The van der Waals surface area contributed by atoms with Crippen molar-refractivity contribution in [3.05, 3.63) is 29.8 Å². The van der Waals surface area contributed by atoms with Crippen molar-refractivity contribution in [2.24, 2.45) is 0 Å². The minimum Gasteiger partial charge on any atom is -0.481 e. The summed E-state index contributed by atoms with van der Waals surface area (Å²) in [5.74, 6) is 0.987. The smallest absolute Gasteiger partial charge is 0.263 e. The Balaban J connectivity index is 1.88. The summed E-state index contributed by atoms with van der Waals surface area (Å²) < 4.78 is 5.95. The predicted molar refractivity (Wildman–Crippen MR) is 104 cm³/mol. The molecule has 2 rings (SSSR count). The quantitative estimate of drug-likeness (QED) is 0.736. The molecule has 0 N–H and O–H groups in total. The lowest BCUT2D eigenvalue weighted by atomic mass is 10.0. The lowest BCUT2D eigenvalue weighted by molar-refractivity contribution is -0.144. The van der Waals surface area contributed by atoms with Crippen molar-refractivity contribution in [3.63, 3.8) is 0 Å². The minimum absolute atomic E-state index is 0.0183. The van der Waals surface area contributed by atoms with E-state index in [1.54, 1.807) is 16.7 Å². The SMILES string of the molecule is CC(=O)CCC(=O)N1CCN(C(=O)C(C)Oc2ccccc2C(C)C)CC1. The fourth-order valence-electron chi connectivity index (χ4n) is 3.18. The number of hydrogen-bond donors (Lipinski definition) is 0.